The van der Waals surface area contributed by atoms with Crippen LogP contribution in [0.2, 0.25) is 0 Å². The predicted octanol–water partition coefficient (Wildman–Crippen LogP) is 3.46. The Morgan fingerprint density at radius 1 is 1.18 bits per heavy atom. The van der Waals surface area contributed by atoms with E-state index >= 15 is 0 Å². The molecule has 0 N–H and O–H groups in total. The number of fused-ring (bicyclic) bond motifs is 1. The van der Waals surface area contributed by atoms with Crippen LogP contribution < -0.4 is 9.47 Å². The van der Waals surface area contributed by atoms with Gasteiger partial charge in [-0.25, -0.2) is 0 Å². The topological polar surface area (TPSA) is 42.2 Å². The standard InChI is InChI=1S/C13H11NO2S/c1-15-11-7-9-6-10(4-3-5-14)17-13(9)8-12(11)16-2/h3-4,6-8H,1-2H3. The molecule has 0 radical (unpaired) electrons. The van der Waals surface area contributed by atoms with Gasteiger partial charge in [0.25, 0.3) is 0 Å². The number of nitrogens with zero attached hydrogens (tertiary/aromatic N) is 1. The van der Waals surface area contributed by atoms with E-state index in [1.807, 2.05) is 24.3 Å². The Morgan fingerprint density at radius 2 is 1.88 bits per heavy atom. The van der Waals surface area contributed by atoms with Crippen LogP contribution in [0.3, 0.4) is 0 Å². The lowest BCUT2D eigenvalue weighted by Crippen LogP contribution is -1.89. The van der Waals surface area contributed by atoms with E-state index < -0.39 is 0 Å². The number of thiophene rings is 1. The first-order chi connectivity index (χ1) is 8.28. The molecule has 4 heteroatoms. The highest BCUT2D eigenvalue weighted by atomic mass is 32.1. The maximum absolute atomic E-state index is 8.49. The molecule has 1 heterocycles. The molecular weight excluding hydrogens is 234 g/mol. The van der Waals surface area contributed by atoms with Gasteiger partial charge in [0.2, 0.25) is 0 Å². The van der Waals surface area contributed by atoms with Gasteiger partial charge < -0.3 is 9.47 Å². The van der Waals surface area contributed by atoms with Crippen LogP contribution >= 0.6 is 11.3 Å². The largest absolute Gasteiger partial charge is 0.493 e. The summed E-state index contributed by atoms with van der Waals surface area (Å²) in [5.74, 6) is 1.44. The molecule has 17 heavy (non-hydrogen) atoms. The first-order valence-corrected chi connectivity index (χ1v) is 5.82. The molecule has 0 aliphatic heterocycles. The summed E-state index contributed by atoms with van der Waals surface area (Å²) < 4.78 is 11.6. The van der Waals surface area contributed by atoms with Crippen LogP contribution in [0, 0.1) is 11.3 Å². The van der Waals surface area contributed by atoms with Gasteiger partial charge in [0.1, 0.15) is 0 Å². The quantitative estimate of drug-likeness (QED) is 0.778. The summed E-state index contributed by atoms with van der Waals surface area (Å²) in [6.45, 7) is 0. The maximum Gasteiger partial charge on any atom is 0.162 e. The zero-order valence-corrected chi connectivity index (χ0v) is 10.4. The van der Waals surface area contributed by atoms with Gasteiger partial charge in [-0.3, -0.25) is 0 Å². The van der Waals surface area contributed by atoms with Gasteiger partial charge in [-0.05, 0) is 23.6 Å². The summed E-state index contributed by atoms with van der Waals surface area (Å²) in [6.07, 6.45) is 3.27. The van der Waals surface area contributed by atoms with Crippen molar-refractivity contribution in [3.05, 3.63) is 29.2 Å². The van der Waals surface area contributed by atoms with Crippen LogP contribution in [0.15, 0.2) is 24.3 Å². The second-order valence-electron chi connectivity index (χ2n) is 3.36. The molecular formula is C13H11NO2S. The first kappa shape index (κ1) is 11.5. The maximum atomic E-state index is 8.49. The third-order valence-corrected chi connectivity index (χ3v) is 3.43. The average Bonchev–Trinajstić information content (AvgIpc) is 2.76. The van der Waals surface area contributed by atoms with Crippen molar-refractivity contribution in [1.82, 2.24) is 0 Å². The van der Waals surface area contributed by atoms with E-state index in [0.29, 0.717) is 5.75 Å². The molecule has 0 fully saturated rings. The fourth-order valence-corrected chi connectivity index (χ4v) is 2.57. The molecule has 0 bridgehead atoms. The Balaban J connectivity index is 2.54. The van der Waals surface area contributed by atoms with Crippen LogP contribution in [-0.4, -0.2) is 14.2 Å². The molecule has 0 aliphatic rings. The summed E-state index contributed by atoms with van der Waals surface area (Å²) in [6, 6.07) is 7.89. The molecule has 86 valence electrons. The van der Waals surface area contributed by atoms with Crippen molar-refractivity contribution in [3.8, 4) is 17.6 Å². The smallest absolute Gasteiger partial charge is 0.162 e. The lowest BCUT2D eigenvalue weighted by atomic mass is 10.2. The van der Waals surface area contributed by atoms with Crippen LogP contribution in [0.25, 0.3) is 16.2 Å². The average molecular weight is 245 g/mol. The van der Waals surface area contributed by atoms with Crippen molar-refractivity contribution in [2.45, 2.75) is 0 Å². The monoisotopic (exact) mass is 245 g/mol. The van der Waals surface area contributed by atoms with Gasteiger partial charge >= 0.3 is 0 Å². The Hall–Kier alpha value is -1.99. The summed E-state index contributed by atoms with van der Waals surface area (Å²) in [5.41, 5.74) is 0. The fourth-order valence-electron chi connectivity index (χ4n) is 1.59. The van der Waals surface area contributed by atoms with Crippen LogP contribution in [0.1, 0.15) is 4.88 Å². The minimum absolute atomic E-state index is 0.716. The fraction of sp³-hybridized carbons (Fsp3) is 0.154. The number of nitriles is 1. The van der Waals surface area contributed by atoms with Gasteiger partial charge in [0.15, 0.2) is 11.5 Å². The van der Waals surface area contributed by atoms with Crippen molar-refractivity contribution in [1.29, 1.82) is 5.26 Å². The Bertz CT molecular complexity index is 567. The van der Waals surface area contributed by atoms with E-state index in [2.05, 4.69) is 0 Å². The van der Waals surface area contributed by atoms with Gasteiger partial charge in [0.05, 0.1) is 20.3 Å². The number of ether oxygens (including phenoxy) is 2. The lowest BCUT2D eigenvalue weighted by Gasteiger charge is -2.06. The highest BCUT2D eigenvalue weighted by molar-refractivity contribution is 7.19. The van der Waals surface area contributed by atoms with Gasteiger partial charge in [0, 0.05) is 21.7 Å². The highest BCUT2D eigenvalue weighted by Crippen LogP contribution is 2.36. The van der Waals surface area contributed by atoms with Crippen molar-refractivity contribution >= 4 is 27.5 Å². The van der Waals surface area contributed by atoms with Crippen LogP contribution in [0.5, 0.6) is 11.5 Å². The minimum atomic E-state index is 0.716. The molecule has 3 nitrogen and oxygen atoms in total. The third kappa shape index (κ3) is 2.24. The number of hydrogen-bond acceptors (Lipinski definition) is 4. The molecule has 1 aromatic heterocycles. The predicted molar refractivity (Wildman–Crippen MR) is 69.6 cm³/mol. The molecule has 1 aromatic carbocycles. The summed E-state index contributed by atoms with van der Waals surface area (Å²) in [5, 5.41) is 9.58. The van der Waals surface area contributed by atoms with Crippen LogP contribution in [-0.2, 0) is 0 Å². The molecule has 0 unspecified atom stereocenters. The number of rotatable bonds is 3. The molecule has 0 atom stereocenters. The van der Waals surface area contributed by atoms with Gasteiger partial charge in [-0.15, -0.1) is 11.3 Å². The Morgan fingerprint density at radius 3 is 2.53 bits per heavy atom. The van der Waals surface area contributed by atoms with E-state index in [1.54, 1.807) is 31.6 Å². The molecule has 0 spiro atoms. The summed E-state index contributed by atoms with van der Waals surface area (Å²) in [4.78, 5) is 1.04. The molecule has 2 rings (SSSR count). The van der Waals surface area contributed by atoms with E-state index in [4.69, 9.17) is 14.7 Å². The SMILES string of the molecule is COc1cc2cc(C=CC#N)sc2cc1OC. The second kappa shape index (κ2) is 4.89. The van der Waals surface area contributed by atoms with E-state index in [-0.39, 0.29) is 0 Å². The van der Waals surface area contributed by atoms with E-state index in [1.165, 1.54) is 6.08 Å². The summed E-state index contributed by atoms with van der Waals surface area (Å²) >= 11 is 1.61. The zero-order chi connectivity index (χ0) is 12.3. The second-order valence-corrected chi connectivity index (χ2v) is 4.47. The van der Waals surface area contributed by atoms with Crippen molar-refractivity contribution in [2.75, 3.05) is 14.2 Å². The Labute approximate surface area is 104 Å². The Kier molecular flexibility index (Phi) is 3.31. The highest BCUT2D eigenvalue weighted by Gasteiger charge is 2.08. The normalized spacial score (nSPS) is 10.6. The molecule has 0 saturated carbocycles. The minimum Gasteiger partial charge on any atom is -0.493 e. The first-order valence-electron chi connectivity index (χ1n) is 5.00. The molecule has 0 amide bonds. The number of allylic oxidation sites excluding steroid dienone is 1. The summed E-state index contributed by atoms with van der Waals surface area (Å²) in [7, 11) is 3.24. The van der Waals surface area contributed by atoms with Crippen molar-refractivity contribution < 1.29 is 9.47 Å². The molecule has 2 aromatic rings. The van der Waals surface area contributed by atoms with Crippen molar-refractivity contribution in [3.63, 3.8) is 0 Å². The zero-order valence-electron chi connectivity index (χ0n) is 9.56. The van der Waals surface area contributed by atoms with Gasteiger partial charge in [-0.2, -0.15) is 5.26 Å². The number of benzene rings is 1. The van der Waals surface area contributed by atoms with Gasteiger partial charge in [-0.1, -0.05) is 0 Å². The van der Waals surface area contributed by atoms with Crippen LogP contribution in [0.4, 0.5) is 0 Å². The molecule has 0 aliphatic carbocycles. The number of methoxy groups -OCH3 is 2. The lowest BCUT2D eigenvalue weighted by molar-refractivity contribution is 0.356. The molecule has 0 saturated heterocycles. The van der Waals surface area contributed by atoms with E-state index in [0.717, 1.165) is 20.7 Å². The van der Waals surface area contributed by atoms with E-state index in [9.17, 15) is 0 Å². The van der Waals surface area contributed by atoms with Crippen molar-refractivity contribution in [2.24, 2.45) is 0 Å². The number of hydrogen-bond donors (Lipinski definition) is 0. The third-order valence-electron chi connectivity index (χ3n) is 2.36.